The van der Waals surface area contributed by atoms with Gasteiger partial charge in [-0.25, -0.2) is 9.48 Å². The molecule has 4 aromatic rings. The number of benzene rings is 3. The minimum atomic E-state index is -0.667. The number of rotatable bonds is 9. The predicted octanol–water partition coefficient (Wildman–Crippen LogP) is 6.29. The van der Waals surface area contributed by atoms with Gasteiger partial charge in [-0.3, -0.25) is 0 Å². The maximum Gasteiger partial charge on any atom is 0.332 e. The number of fused-ring (bicyclic) bond motifs is 1. The van der Waals surface area contributed by atoms with E-state index in [1.54, 1.807) is 0 Å². The van der Waals surface area contributed by atoms with Crippen molar-refractivity contribution in [3.05, 3.63) is 119 Å². The minimum Gasteiger partial charge on any atom is -0.458 e. The molecule has 0 saturated heterocycles. The monoisotopic (exact) mass is 523 g/mol. The van der Waals surface area contributed by atoms with E-state index in [1.165, 1.54) is 0 Å². The number of ether oxygens (including phenoxy) is 2. The van der Waals surface area contributed by atoms with E-state index in [0.717, 1.165) is 53.8 Å². The van der Waals surface area contributed by atoms with Crippen LogP contribution in [0.4, 0.5) is 0 Å². The van der Waals surface area contributed by atoms with Gasteiger partial charge in [0.25, 0.3) is 0 Å². The topological polar surface area (TPSA) is 66.2 Å². The molecule has 1 aromatic heterocycles. The second kappa shape index (κ2) is 11.5. The maximum atomic E-state index is 12.1. The third kappa shape index (κ3) is 5.66. The summed E-state index contributed by atoms with van der Waals surface area (Å²) >= 11 is 0. The smallest absolute Gasteiger partial charge is 0.332 e. The summed E-state index contributed by atoms with van der Waals surface area (Å²) in [7, 11) is 0. The Morgan fingerprint density at radius 3 is 1.92 bits per heavy atom. The van der Waals surface area contributed by atoms with Crippen LogP contribution >= 0.6 is 0 Å². The summed E-state index contributed by atoms with van der Waals surface area (Å²) in [5.74, 6) is -0.114. The van der Waals surface area contributed by atoms with Gasteiger partial charge in [0, 0.05) is 12.5 Å². The van der Waals surface area contributed by atoms with E-state index in [1.807, 2.05) is 39.0 Å². The zero-order valence-corrected chi connectivity index (χ0v) is 23.0. The number of carbonyl (C=O) groups excluding carboxylic acids is 1. The number of aromatic nitrogens is 3. The van der Waals surface area contributed by atoms with Crippen molar-refractivity contribution in [2.75, 3.05) is 13.2 Å². The first kappa shape index (κ1) is 26.8. The molecule has 0 radical (unpaired) electrons. The number of nitrogens with zero attached hydrogens (tertiary/aromatic N) is 3. The zero-order valence-electron chi connectivity index (χ0n) is 23.0. The Bertz CT molecular complexity index is 1270. The lowest BCUT2D eigenvalue weighted by atomic mass is 9.76. The number of esters is 1. The Kier molecular flexibility index (Phi) is 7.94. The summed E-state index contributed by atoms with van der Waals surface area (Å²) in [6, 6.07) is 31.8. The molecule has 1 aliphatic rings. The first-order valence-electron chi connectivity index (χ1n) is 13.8. The molecule has 0 aliphatic heterocycles. The molecule has 39 heavy (non-hydrogen) atoms. The summed E-state index contributed by atoms with van der Waals surface area (Å²) in [5.41, 5.74) is 4.43. The SMILES string of the molecule is CC(C)(C)OC(=O)COCCC1CCCc2c1nnn2C(c1ccccc1)(c1ccccc1)c1ccccc1. The molecule has 0 spiro atoms. The first-order valence-corrected chi connectivity index (χ1v) is 13.8. The maximum absolute atomic E-state index is 12.1. The lowest BCUT2D eigenvalue weighted by Gasteiger charge is -2.37. The summed E-state index contributed by atoms with van der Waals surface area (Å²) in [5, 5.41) is 9.71. The molecular weight excluding hydrogens is 486 g/mol. The van der Waals surface area contributed by atoms with Gasteiger partial charge < -0.3 is 9.47 Å². The average molecular weight is 524 g/mol. The molecule has 5 rings (SSSR count). The standard InChI is InChI=1S/C33H37N3O3/c1-32(2,3)39-30(37)24-38-23-22-25-14-13-21-29-31(25)34-35-36(29)33(26-15-7-4-8-16-26,27-17-9-5-10-18-27)28-19-11-6-12-20-28/h4-12,15-20,25H,13-14,21-24H2,1-3H3. The van der Waals surface area contributed by atoms with Crippen molar-refractivity contribution < 1.29 is 14.3 Å². The van der Waals surface area contributed by atoms with Crippen molar-refractivity contribution in [3.8, 4) is 0 Å². The predicted molar refractivity (Wildman–Crippen MR) is 152 cm³/mol. The van der Waals surface area contributed by atoms with Gasteiger partial charge in [0.15, 0.2) is 0 Å². The van der Waals surface area contributed by atoms with Crippen LogP contribution in [0, 0.1) is 0 Å². The molecule has 6 heteroatoms. The largest absolute Gasteiger partial charge is 0.458 e. The van der Waals surface area contributed by atoms with Crippen LogP contribution < -0.4 is 0 Å². The van der Waals surface area contributed by atoms with Crippen LogP contribution in [0.2, 0.25) is 0 Å². The Labute approximate surface area is 231 Å². The molecule has 3 aromatic carbocycles. The van der Waals surface area contributed by atoms with Crippen LogP contribution in [0.1, 0.15) is 74.0 Å². The van der Waals surface area contributed by atoms with Gasteiger partial charge >= 0.3 is 5.97 Å². The molecule has 1 atom stereocenters. The highest BCUT2D eigenvalue weighted by molar-refractivity contribution is 5.71. The number of hydrogen-bond donors (Lipinski definition) is 0. The summed E-state index contributed by atoms with van der Waals surface area (Å²) in [6.45, 7) is 6.01. The first-order chi connectivity index (χ1) is 18.9. The van der Waals surface area contributed by atoms with Gasteiger partial charge in [-0.1, -0.05) is 96.2 Å². The van der Waals surface area contributed by atoms with E-state index in [-0.39, 0.29) is 18.5 Å². The van der Waals surface area contributed by atoms with Gasteiger partial charge in [-0.2, -0.15) is 0 Å². The van der Waals surface area contributed by atoms with Crippen LogP contribution in [-0.4, -0.2) is 39.8 Å². The quantitative estimate of drug-likeness (QED) is 0.147. The summed E-state index contributed by atoms with van der Waals surface area (Å²) < 4.78 is 13.2. The van der Waals surface area contributed by atoms with E-state index in [0.29, 0.717) is 6.61 Å². The van der Waals surface area contributed by atoms with Gasteiger partial charge in [0.2, 0.25) is 0 Å². The van der Waals surface area contributed by atoms with Gasteiger partial charge in [0.1, 0.15) is 17.7 Å². The normalized spacial score (nSPS) is 15.5. The van der Waals surface area contributed by atoms with Crippen molar-refractivity contribution >= 4 is 5.97 Å². The van der Waals surface area contributed by atoms with E-state index < -0.39 is 11.1 Å². The van der Waals surface area contributed by atoms with E-state index in [4.69, 9.17) is 19.8 Å². The van der Waals surface area contributed by atoms with Crippen LogP contribution in [0.3, 0.4) is 0 Å². The van der Waals surface area contributed by atoms with Gasteiger partial charge in [-0.15, -0.1) is 5.10 Å². The molecule has 0 fully saturated rings. The van der Waals surface area contributed by atoms with Gasteiger partial charge in [-0.05, 0) is 63.1 Å². The molecule has 1 unspecified atom stereocenters. The van der Waals surface area contributed by atoms with E-state index in [9.17, 15) is 4.79 Å². The van der Waals surface area contributed by atoms with Gasteiger partial charge in [0.05, 0.1) is 11.4 Å². The highest BCUT2D eigenvalue weighted by Crippen LogP contribution is 2.43. The van der Waals surface area contributed by atoms with Crippen molar-refractivity contribution in [2.45, 2.75) is 63.5 Å². The molecule has 202 valence electrons. The Morgan fingerprint density at radius 2 is 1.41 bits per heavy atom. The number of hydrogen-bond acceptors (Lipinski definition) is 5. The van der Waals surface area contributed by atoms with E-state index in [2.05, 4.69) is 77.5 Å². The van der Waals surface area contributed by atoms with Crippen molar-refractivity contribution in [2.24, 2.45) is 0 Å². The molecule has 0 amide bonds. The Morgan fingerprint density at radius 1 is 0.872 bits per heavy atom. The third-order valence-corrected chi connectivity index (χ3v) is 7.29. The molecule has 1 aliphatic carbocycles. The minimum absolute atomic E-state index is 0.0390. The number of carbonyl (C=O) groups is 1. The van der Waals surface area contributed by atoms with Crippen molar-refractivity contribution in [1.29, 1.82) is 0 Å². The van der Waals surface area contributed by atoms with E-state index >= 15 is 0 Å². The summed E-state index contributed by atoms with van der Waals surface area (Å²) in [6.07, 6.45) is 3.76. The lowest BCUT2D eigenvalue weighted by molar-refractivity contribution is -0.160. The molecule has 6 nitrogen and oxygen atoms in total. The second-order valence-corrected chi connectivity index (χ2v) is 11.2. The lowest BCUT2D eigenvalue weighted by Crippen LogP contribution is -2.40. The van der Waals surface area contributed by atoms with Crippen LogP contribution in [0.25, 0.3) is 0 Å². The average Bonchev–Trinajstić information content (AvgIpc) is 3.38. The third-order valence-electron chi connectivity index (χ3n) is 7.29. The molecule has 1 heterocycles. The fraction of sp³-hybridized carbons (Fsp3) is 0.364. The second-order valence-electron chi connectivity index (χ2n) is 11.2. The zero-order chi connectivity index (χ0) is 27.3. The molecule has 0 N–H and O–H groups in total. The Hall–Kier alpha value is -3.77. The van der Waals surface area contributed by atoms with Crippen LogP contribution in [0.5, 0.6) is 0 Å². The van der Waals surface area contributed by atoms with Crippen LogP contribution in [-0.2, 0) is 26.2 Å². The van der Waals surface area contributed by atoms with Crippen LogP contribution in [0.15, 0.2) is 91.0 Å². The van der Waals surface area contributed by atoms with Crippen molar-refractivity contribution in [3.63, 3.8) is 0 Å². The molecule has 0 saturated carbocycles. The van der Waals surface area contributed by atoms with Crippen molar-refractivity contribution in [1.82, 2.24) is 15.0 Å². The molecule has 0 bridgehead atoms. The fourth-order valence-electron chi connectivity index (χ4n) is 5.72. The highest BCUT2D eigenvalue weighted by atomic mass is 16.6. The highest BCUT2D eigenvalue weighted by Gasteiger charge is 2.42. The molecular formula is C33H37N3O3. The Balaban J connectivity index is 1.50. The summed E-state index contributed by atoms with van der Waals surface area (Å²) in [4.78, 5) is 12.1. The fourth-order valence-corrected chi connectivity index (χ4v) is 5.72.